The van der Waals surface area contributed by atoms with Gasteiger partial charge in [-0.05, 0) is 85.0 Å². The zero-order valence-electron chi connectivity index (χ0n) is 27.2. The van der Waals surface area contributed by atoms with Gasteiger partial charge in [0, 0.05) is 55.6 Å². The monoisotopic (exact) mass is 646 g/mol. The number of likely N-dealkylation sites (tertiary alicyclic amines) is 1. The lowest BCUT2D eigenvalue weighted by molar-refractivity contribution is -0.114. The van der Waals surface area contributed by atoms with Crippen LogP contribution in [0.1, 0.15) is 53.3 Å². The summed E-state index contributed by atoms with van der Waals surface area (Å²) in [6.07, 6.45) is 4.34. The second-order valence-corrected chi connectivity index (χ2v) is 13.6. The van der Waals surface area contributed by atoms with Gasteiger partial charge in [-0.1, -0.05) is 18.2 Å². The number of aromatic nitrogens is 3. The number of carboxylic acid groups (broad SMARTS) is 1. The number of carbonyl (C=O) groups is 3. The normalized spacial score (nSPS) is 20.2. The Morgan fingerprint density at radius 3 is 2.46 bits per heavy atom. The predicted molar refractivity (Wildman–Crippen MR) is 183 cm³/mol. The number of rotatable bonds is 8. The number of hydrogen-bond donors (Lipinski definition) is 3. The summed E-state index contributed by atoms with van der Waals surface area (Å²) in [4.78, 5) is 44.5. The standard InChI is InChI=1S/C37H38N6O5/c1-19(44)39-27-10-8-21(12-26(27)37(46)47)22-6-7-23-15-31(42(30(23)14-22)17-20-4-5-20)35-40-28-13-25(16-32(48-3)34(28)41(35)2)36(45)43-18-24-9-11-29(43)33(24)38/h6-8,10,12-16,20,24,29,33H,4-5,9,11,17-18,38H2,1-3H3,(H,39,44)(H,46,47)/t24?,29?,33-/m1/s1. The van der Waals surface area contributed by atoms with Crippen molar-refractivity contribution >= 4 is 45.4 Å². The maximum atomic E-state index is 13.8. The number of nitrogens with one attached hydrogen (secondary N) is 1. The van der Waals surface area contributed by atoms with E-state index in [0.29, 0.717) is 35.2 Å². The number of carboxylic acids is 1. The van der Waals surface area contributed by atoms with Crippen molar-refractivity contribution in [3.05, 3.63) is 65.7 Å². The summed E-state index contributed by atoms with van der Waals surface area (Å²) >= 11 is 0. The molecule has 2 bridgehead atoms. The van der Waals surface area contributed by atoms with Gasteiger partial charge in [0.2, 0.25) is 5.91 Å². The van der Waals surface area contributed by atoms with Crippen molar-refractivity contribution in [2.45, 2.75) is 51.2 Å². The number of nitrogens with two attached hydrogens (primary N) is 1. The lowest BCUT2D eigenvalue weighted by Gasteiger charge is -2.27. The number of aromatic carboxylic acids is 1. The Hall–Kier alpha value is -5.16. The van der Waals surface area contributed by atoms with Gasteiger partial charge in [0.05, 0.1) is 29.6 Å². The molecular weight excluding hydrogens is 608 g/mol. The molecule has 2 amide bonds. The lowest BCUT2D eigenvalue weighted by atomic mass is 10.0. The van der Waals surface area contributed by atoms with E-state index >= 15 is 0 Å². The van der Waals surface area contributed by atoms with Crippen LogP contribution in [0.2, 0.25) is 0 Å². The molecule has 1 saturated heterocycles. The van der Waals surface area contributed by atoms with E-state index in [1.54, 1.807) is 19.2 Å². The molecule has 8 rings (SSSR count). The second-order valence-electron chi connectivity index (χ2n) is 13.6. The molecule has 3 aromatic carbocycles. The molecule has 3 fully saturated rings. The molecule has 0 spiro atoms. The van der Waals surface area contributed by atoms with E-state index in [1.165, 1.54) is 6.92 Å². The topological polar surface area (TPSA) is 145 Å². The number of piperidine rings is 1. The van der Waals surface area contributed by atoms with Crippen LogP contribution in [0.5, 0.6) is 5.75 Å². The predicted octanol–water partition coefficient (Wildman–Crippen LogP) is 5.50. The van der Waals surface area contributed by atoms with Crippen molar-refractivity contribution in [3.8, 4) is 28.4 Å². The number of ether oxygens (including phenoxy) is 1. The van der Waals surface area contributed by atoms with Crippen molar-refractivity contribution in [2.75, 3.05) is 19.0 Å². The fraction of sp³-hybridized carbons (Fsp3) is 0.351. The molecule has 11 nitrogen and oxygen atoms in total. The van der Waals surface area contributed by atoms with Gasteiger partial charge >= 0.3 is 5.97 Å². The molecule has 2 unspecified atom stereocenters. The summed E-state index contributed by atoms with van der Waals surface area (Å²) in [5, 5.41) is 13.5. The van der Waals surface area contributed by atoms with Crippen LogP contribution in [-0.4, -0.2) is 67.6 Å². The van der Waals surface area contributed by atoms with Crippen molar-refractivity contribution in [3.63, 3.8) is 0 Å². The summed E-state index contributed by atoms with van der Waals surface area (Å²) in [5.74, 6) is 0.811. The molecule has 2 aromatic heterocycles. The third-order valence-corrected chi connectivity index (χ3v) is 10.5. The third-order valence-electron chi connectivity index (χ3n) is 10.5. The fourth-order valence-electron chi connectivity index (χ4n) is 7.84. The smallest absolute Gasteiger partial charge is 0.337 e. The highest BCUT2D eigenvalue weighted by Gasteiger charge is 2.47. The van der Waals surface area contributed by atoms with E-state index in [2.05, 4.69) is 22.0 Å². The molecule has 5 aromatic rings. The number of carbonyl (C=O) groups excluding carboxylic acids is 2. The van der Waals surface area contributed by atoms with Crippen LogP contribution in [-0.2, 0) is 18.4 Å². The molecular formula is C37H38N6O5. The number of anilines is 1. The van der Waals surface area contributed by atoms with Gasteiger partial charge in [-0.2, -0.15) is 0 Å². The van der Waals surface area contributed by atoms with Crippen LogP contribution in [0, 0.1) is 11.8 Å². The average molecular weight is 647 g/mol. The highest BCUT2D eigenvalue weighted by atomic mass is 16.5. The van der Waals surface area contributed by atoms with Crippen LogP contribution in [0.15, 0.2) is 54.6 Å². The molecule has 246 valence electrons. The minimum atomic E-state index is -1.11. The van der Waals surface area contributed by atoms with Gasteiger partial charge in [0.1, 0.15) is 11.3 Å². The molecule has 2 aliphatic carbocycles. The number of methoxy groups -OCH3 is 1. The highest BCUT2D eigenvalue weighted by Crippen LogP contribution is 2.41. The molecule has 3 heterocycles. The third kappa shape index (κ3) is 4.92. The summed E-state index contributed by atoms with van der Waals surface area (Å²) in [6.45, 7) is 2.87. The Bertz CT molecular complexity index is 2160. The van der Waals surface area contributed by atoms with E-state index in [0.717, 1.165) is 71.3 Å². The SMILES string of the molecule is COc1cc(C(=O)N2CC3CCC2[C@@H]3N)cc2nc(-c3cc4ccc(-c5ccc(NC(C)=O)c(C(=O)O)c5)cc4n3CC3CC3)n(C)c12. The van der Waals surface area contributed by atoms with E-state index in [9.17, 15) is 19.5 Å². The van der Waals surface area contributed by atoms with Crippen LogP contribution in [0.25, 0.3) is 44.6 Å². The Balaban J connectivity index is 1.22. The van der Waals surface area contributed by atoms with Crippen LogP contribution in [0.3, 0.4) is 0 Å². The largest absolute Gasteiger partial charge is 0.494 e. The fourth-order valence-corrected chi connectivity index (χ4v) is 7.84. The number of imidazole rings is 1. The molecule has 3 aliphatic rings. The van der Waals surface area contributed by atoms with Gasteiger partial charge in [-0.15, -0.1) is 0 Å². The number of benzene rings is 3. The quantitative estimate of drug-likeness (QED) is 0.202. The van der Waals surface area contributed by atoms with Crippen molar-refractivity contribution in [1.82, 2.24) is 19.0 Å². The van der Waals surface area contributed by atoms with E-state index in [-0.39, 0.29) is 35.1 Å². The first-order valence-corrected chi connectivity index (χ1v) is 16.5. The van der Waals surface area contributed by atoms with Gasteiger partial charge in [0.15, 0.2) is 5.82 Å². The Morgan fingerprint density at radius 2 is 1.79 bits per heavy atom. The summed E-state index contributed by atoms with van der Waals surface area (Å²) in [7, 11) is 3.59. The maximum absolute atomic E-state index is 13.8. The number of nitrogens with zero attached hydrogens (tertiary/aromatic N) is 4. The van der Waals surface area contributed by atoms with E-state index < -0.39 is 5.97 Å². The summed E-state index contributed by atoms with van der Waals surface area (Å²) < 4.78 is 10.2. The molecule has 0 radical (unpaired) electrons. The first-order chi connectivity index (χ1) is 23.1. The number of fused-ring (bicyclic) bond motifs is 4. The number of hydrogen-bond acceptors (Lipinski definition) is 6. The Labute approximate surface area is 277 Å². The molecule has 4 N–H and O–H groups in total. The second kappa shape index (κ2) is 11.2. The first-order valence-electron chi connectivity index (χ1n) is 16.5. The minimum absolute atomic E-state index is 0.0309. The van der Waals surface area contributed by atoms with Crippen LogP contribution >= 0.6 is 0 Å². The van der Waals surface area contributed by atoms with E-state index in [1.807, 2.05) is 46.8 Å². The Kier molecular flexibility index (Phi) is 7.06. The molecule has 3 atom stereocenters. The molecule has 11 heteroatoms. The van der Waals surface area contributed by atoms with Gasteiger partial charge in [-0.25, -0.2) is 9.78 Å². The van der Waals surface area contributed by atoms with Gasteiger partial charge in [0.25, 0.3) is 5.91 Å². The number of amides is 2. The van der Waals surface area contributed by atoms with Crippen molar-refractivity contribution in [1.29, 1.82) is 0 Å². The number of aryl methyl sites for hydroxylation is 1. The average Bonchev–Trinajstić information content (AvgIpc) is 3.47. The van der Waals surface area contributed by atoms with Crippen LogP contribution < -0.4 is 15.8 Å². The first kappa shape index (κ1) is 30.2. The van der Waals surface area contributed by atoms with Crippen LogP contribution in [0.4, 0.5) is 5.69 Å². The zero-order valence-corrected chi connectivity index (χ0v) is 27.2. The maximum Gasteiger partial charge on any atom is 0.337 e. The summed E-state index contributed by atoms with van der Waals surface area (Å²) in [5.41, 5.74) is 12.3. The molecule has 48 heavy (non-hydrogen) atoms. The molecule has 1 aliphatic heterocycles. The van der Waals surface area contributed by atoms with E-state index in [4.69, 9.17) is 15.5 Å². The minimum Gasteiger partial charge on any atom is -0.494 e. The lowest BCUT2D eigenvalue weighted by Crippen LogP contribution is -2.41. The van der Waals surface area contributed by atoms with Gasteiger partial charge < -0.3 is 34.9 Å². The van der Waals surface area contributed by atoms with Gasteiger partial charge in [-0.3, -0.25) is 9.59 Å². The highest BCUT2D eigenvalue weighted by molar-refractivity contribution is 6.02. The Morgan fingerprint density at radius 1 is 1.02 bits per heavy atom. The van der Waals surface area contributed by atoms with Crippen molar-refractivity contribution in [2.24, 2.45) is 24.6 Å². The molecule has 2 saturated carbocycles. The summed E-state index contributed by atoms with van der Waals surface area (Å²) in [6, 6.07) is 17.1. The zero-order chi connectivity index (χ0) is 33.4. The van der Waals surface area contributed by atoms with Crippen molar-refractivity contribution < 1.29 is 24.2 Å².